The molecule has 0 bridgehead atoms. The Morgan fingerprint density at radius 3 is 2.75 bits per heavy atom. The Morgan fingerprint density at radius 1 is 1.25 bits per heavy atom. The molecule has 3 N–H and O–H groups in total. The number of halogens is 1. The van der Waals surface area contributed by atoms with Gasteiger partial charge in [0.2, 0.25) is 5.91 Å². The fraction of sp³-hybridized carbons (Fsp3) is 0.533. The van der Waals surface area contributed by atoms with E-state index in [9.17, 15) is 4.79 Å². The first kappa shape index (κ1) is 17.0. The Bertz CT molecular complexity index is 424. The molecule has 4 nitrogen and oxygen atoms in total. The van der Waals surface area contributed by atoms with Crippen LogP contribution in [0.25, 0.3) is 0 Å². The lowest BCUT2D eigenvalue weighted by atomic mass is 10.2. The lowest BCUT2D eigenvalue weighted by Gasteiger charge is -2.09. The summed E-state index contributed by atoms with van der Waals surface area (Å²) in [7, 11) is 0. The maximum Gasteiger partial charge on any atom is 0.238 e. The number of aliphatic hydroxyl groups excluding tert-OH is 1. The summed E-state index contributed by atoms with van der Waals surface area (Å²) in [6.07, 6.45) is 3.98. The van der Waals surface area contributed by atoms with E-state index in [2.05, 4.69) is 10.6 Å². The van der Waals surface area contributed by atoms with Crippen molar-refractivity contribution < 1.29 is 9.90 Å². The van der Waals surface area contributed by atoms with Gasteiger partial charge in [-0.3, -0.25) is 4.79 Å². The maximum absolute atomic E-state index is 11.8. The minimum absolute atomic E-state index is 0.0641. The smallest absolute Gasteiger partial charge is 0.238 e. The molecular formula is C15H23ClN2O2. The van der Waals surface area contributed by atoms with Crippen molar-refractivity contribution in [2.24, 2.45) is 0 Å². The largest absolute Gasteiger partial charge is 0.396 e. The number of aliphatic hydroxyl groups is 1. The highest BCUT2D eigenvalue weighted by atomic mass is 35.5. The number of anilines is 1. The van der Waals surface area contributed by atoms with Crippen LogP contribution in [0, 0.1) is 6.92 Å². The number of hydrogen-bond acceptors (Lipinski definition) is 3. The highest BCUT2D eigenvalue weighted by molar-refractivity contribution is 6.31. The topological polar surface area (TPSA) is 61.4 Å². The molecule has 1 rings (SSSR count). The quantitative estimate of drug-likeness (QED) is 0.614. The number of rotatable bonds is 9. The van der Waals surface area contributed by atoms with Gasteiger partial charge in [-0.1, -0.05) is 30.5 Å². The third kappa shape index (κ3) is 6.89. The number of carbonyl (C=O) groups excluding carboxylic acids is 1. The van der Waals surface area contributed by atoms with Crippen molar-refractivity contribution in [1.29, 1.82) is 0 Å². The van der Waals surface area contributed by atoms with Crippen LogP contribution < -0.4 is 10.6 Å². The summed E-state index contributed by atoms with van der Waals surface area (Å²) in [5.41, 5.74) is 1.75. The van der Waals surface area contributed by atoms with E-state index in [1.54, 1.807) is 12.1 Å². The third-order valence-electron chi connectivity index (χ3n) is 3.02. The van der Waals surface area contributed by atoms with Crippen LogP contribution in [0.1, 0.15) is 31.2 Å². The summed E-state index contributed by atoms with van der Waals surface area (Å²) in [6, 6.07) is 5.44. The van der Waals surface area contributed by atoms with Gasteiger partial charge < -0.3 is 15.7 Å². The predicted molar refractivity (Wildman–Crippen MR) is 83.2 cm³/mol. The number of nitrogens with one attached hydrogen (secondary N) is 2. The van der Waals surface area contributed by atoms with Gasteiger partial charge in [0, 0.05) is 17.3 Å². The van der Waals surface area contributed by atoms with Gasteiger partial charge in [-0.2, -0.15) is 0 Å². The van der Waals surface area contributed by atoms with Crippen LogP contribution in [0.3, 0.4) is 0 Å². The molecule has 1 aromatic carbocycles. The molecule has 0 unspecified atom stereocenters. The molecule has 1 aromatic rings. The van der Waals surface area contributed by atoms with Crippen molar-refractivity contribution in [3.8, 4) is 0 Å². The minimum atomic E-state index is -0.0641. The molecule has 0 saturated carbocycles. The molecule has 0 aromatic heterocycles. The Labute approximate surface area is 125 Å². The number of unbranched alkanes of at least 4 members (excludes halogenated alkanes) is 3. The van der Waals surface area contributed by atoms with E-state index in [4.69, 9.17) is 16.7 Å². The van der Waals surface area contributed by atoms with E-state index >= 15 is 0 Å². The zero-order chi connectivity index (χ0) is 14.8. The van der Waals surface area contributed by atoms with Gasteiger partial charge in [0.15, 0.2) is 0 Å². The van der Waals surface area contributed by atoms with Gasteiger partial charge in [0.1, 0.15) is 0 Å². The number of aryl methyl sites for hydroxylation is 1. The van der Waals surface area contributed by atoms with Gasteiger partial charge >= 0.3 is 0 Å². The van der Waals surface area contributed by atoms with E-state index in [1.807, 2.05) is 13.0 Å². The van der Waals surface area contributed by atoms with Gasteiger partial charge in [-0.05, 0) is 44.0 Å². The van der Waals surface area contributed by atoms with Crippen molar-refractivity contribution >= 4 is 23.2 Å². The second-order valence-corrected chi connectivity index (χ2v) is 5.26. The first-order chi connectivity index (χ1) is 9.63. The number of benzene rings is 1. The fourth-order valence-corrected chi connectivity index (χ4v) is 2.01. The van der Waals surface area contributed by atoms with Crippen LogP contribution in [-0.4, -0.2) is 30.7 Å². The second-order valence-electron chi connectivity index (χ2n) is 4.82. The molecule has 0 aliphatic carbocycles. The van der Waals surface area contributed by atoms with Crippen molar-refractivity contribution in [2.75, 3.05) is 25.0 Å². The van der Waals surface area contributed by atoms with E-state index in [-0.39, 0.29) is 12.5 Å². The van der Waals surface area contributed by atoms with E-state index in [1.165, 1.54) is 0 Å². The van der Waals surface area contributed by atoms with Crippen LogP contribution in [0.4, 0.5) is 5.69 Å². The molecule has 0 saturated heterocycles. The van der Waals surface area contributed by atoms with E-state index < -0.39 is 0 Å². The molecule has 0 aliphatic rings. The van der Waals surface area contributed by atoms with Crippen LogP contribution in [0.5, 0.6) is 0 Å². The summed E-state index contributed by atoms with van der Waals surface area (Å²) < 4.78 is 0. The third-order valence-corrected chi connectivity index (χ3v) is 3.26. The summed E-state index contributed by atoms with van der Waals surface area (Å²) in [5.74, 6) is -0.0641. The molecule has 0 radical (unpaired) electrons. The normalized spacial score (nSPS) is 10.6. The van der Waals surface area contributed by atoms with Crippen LogP contribution in [-0.2, 0) is 4.79 Å². The summed E-state index contributed by atoms with van der Waals surface area (Å²) in [4.78, 5) is 11.8. The Hall–Kier alpha value is -1.10. The van der Waals surface area contributed by atoms with Crippen LogP contribution >= 0.6 is 11.6 Å². The Kier molecular flexibility index (Phi) is 8.26. The average molecular weight is 299 g/mol. The monoisotopic (exact) mass is 298 g/mol. The van der Waals surface area contributed by atoms with E-state index in [0.717, 1.165) is 43.5 Å². The molecule has 20 heavy (non-hydrogen) atoms. The van der Waals surface area contributed by atoms with Gasteiger partial charge in [0.05, 0.1) is 6.54 Å². The van der Waals surface area contributed by atoms with Crippen molar-refractivity contribution in [3.05, 3.63) is 28.8 Å². The molecule has 0 fully saturated rings. The molecule has 0 atom stereocenters. The number of hydrogen-bond donors (Lipinski definition) is 3. The first-order valence-electron chi connectivity index (χ1n) is 7.01. The summed E-state index contributed by atoms with van der Waals surface area (Å²) in [5, 5.41) is 15.2. The van der Waals surface area contributed by atoms with E-state index in [0.29, 0.717) is 11.6 Å². The van der Waals surface area contributed by atoms with Gasteiger partial charge in [0.25, 0.3) is 0 Å². The summed E-state index contributed by atoms with van der Waals surface area (Å²) >= 11 is 5.90. The Balaban J connectivity index is 2.19. The molecule has 0 aliphatic heterocycles. The lowest BCUT2D eigenvalue weighted by Crippen LogP contribution is -2.29. The average Bonchev–Trinajstić information content (AvgIpc) is 2.42. The number of amides is 1. The molecular weight excluding hydrogens is 276 g/mol. The lowest BCUT2D eigenvalue weighted by molar-refractivity contribution is -0.115. The first-order valence-corrected chi connectivity index (χ1v) is 7.39. The minimum Gasteiger partial charge on any atom is -0.396 e. The second kappa shape index (κ2) is 9.75. The zero-order valence-electron chi connectivity index (χ0n) is 11.9. The maximum atomic E-state index is 11.8. The predicted octanol–water partition coefficient (Wildman–Crippen LogP) is 2.73. The summed E-state index contributed by atoms with van der Waals surface area (Å²) in [6.45, 7) is 3.30. The van der Waals surface area contributed by atoms with Crippen molar-refractivity contribution in [2.45, 2.75) is 32.6 Å². The molecule has 0 spiro atoms. The highest BCUT2D eigenvalue weighted by Crippen LogP contribution is 2.19. The molecule has 0 heterocycles. The Morgan fingerprint density at radius 2 is 2.00 bits per heavy atom. The number of carbonyl (C=O) groups is 1. The van der Waals surface area contributed by atoms with Crippen molar-refractivity contribution in [3.63, 3.8) is 0 Å². The highest BCUT2D eigenvalue weighted by Gasteiger charge is 2.04. The van der Waals surface area contributed by atoms with Crippen LogP contribution in [0.2, 0.25) is 5.02 Å². The molecule has 5 heteroatoms. The SMILES string of the molecule is Cc1ccc(Cl)cc1NC(=O)CNCCCCCCO. The standard InChI is InChI=1S/C15H23ClN2O2/c1-12-6-7-13(16)10-14(12)18-15(20)11-17-8-4-2-3-5-9-19/h6-7,10,17,19H,2-5,8-9,11H2,1H3,(H,18,20). The fourth-order valence-electron chi connectivity index (χ4n) is 1.84. The molecule has 112 valence electrons. The zero-order valence-corrected chi connectivity index (χ0v) is 12.7. The van der Waals surface area contributed by atoms with Crippen molar-refractivity contribution in [1.82, 2.24) is 5.32 Å². The molecule has 1 amide bonds. The van der Waals surface area contributed by atoms with Crippen LogP contribution in [0.15, 0.2) is 18.2 Å². The van der Waals surface area contributed by atoms with Gasteiger partial charge in [-0.25, -0.2) is 0 Å². The van der Waals surface area contributed by atoms with Gasteiger partial charge in [-0.15, -0.1) is 0 Å².